The number of hydrogen-bond donors (Lipinski definition) is 1. The van der Waals surface area contributed by atoms with Crippen LogP contribution in [0.1, 0.15) is 37.4 Å². The van der Waals surface area contributed by atoms with Crippen LogP contribution in [0.3, 0.4) is 0 Å². The molecule has 1 saturated heterocycles. The van der Waals surface area contributed by atoms with E-state index in [0.717, 1.165) is 19.6 Å². The Morgan fingerprint density at radius 2 is 1.67 bits per heavy atom. The highest BCUT2D eigenvalue weighted by atomic mass is 16.5. The van der Waals surface area contributed by atoms with E-state index in [2.05, 4.69) is 18.7 Å². The van der Waals surface area contributed by atoms with Crippen molar-refractivity contribution in [3.05, 3.63) is 65.2 Å². The molecule has 1 N–H and O–H groups in total. The molecule has 1 heterocycles. The maximum atomic E-state index is 13.1. The van der Waals surface area contributed by atoms with Crippen molar-refractivity contribution in [3.63, 3.8) is 0 Å². The molecule has 1 aliphatic rings. The molecule has 0 saturated carbocycles. The molecule has 33 heavy (non-hydrogen) atoms. The minimum atomic E-state index is -0.721. The van der Waals surface area contributed by atoms with E-state index in [-0.39, 0.29) is 11.3 Å². The number of hydrogen-bond acceptors (Lipinski definition) is 6. The molecular weight excluding hydrogens is 420 g/mol. The van der Waals surface area contributed by atoms with Gasteiger partial charge < -0.3 is 24.4 Å². The number of benzene rings is 2. The van der Waals surface area contributed by atoms with Crippen molar-refractivity contribution >= 4 is 17.4 Å². The first-order valence-corrected chi connectivity index (χ1v) is 11.2. The van der Waals surface area contributed by atoms with E-state index in [0.29, 0.717) is 35.6 Å². The number of rotatable bonds is 10. The fraction of sp³-hybridized carbons (Fsp3) is 0.385. The first kappa shape index (κ1) is 24.3. The Kier molecular flexibility index (Phi) is 8.11. The number of ketones is 1. The molecule has 7 nitrogen and oxygen atoms in total. The van der Waals surface area contributed by atoms with Gasteiger partial charge in [0.15, 0.2) is 11.5 Å². The molecule has 176 valence electrons. The van der Waals surface area contributed by atoms with Gasteiger partial charge in [-0.1, -0.05) is 50.2 Å². The Bertz CT molecular complexity index is 1010. The van der Waals surface area contributed by atoms with Crippen LogP contribution in [0.25, 0.3) is 5.76 Å². The average molecular weight is 453 g/mol. The number of amides is 1. The van der Waals surface area contributed by atoms with Gasteiger partial charge in [0.05, 0.1) is 25.8 Å². The number of aliphatic hydroxyl groups excluding tert-OH is 1. The third-order valence-corrected chi connectivity index (χ3v) is 6.08. The van der Waals surface area contributed by atoms with Crippen LogP contribution in [0.15, 0.2) is 54.1 Å². The van der Waals surface area contributed by atoms with Gasteiger partial charge in [-0.2, -0.15) is 0 Å². The van der Waals surface area contributed by atoms with Gasteiger partial charge in [-0.05, 0) is 43.8 Å². The highest BCUT2D eigenvalue weighted by Gasteiger charge is 2.46. The Hall–Kier alpha value is -3.32. The highest BCUT2D eigenvalue weighted by Crippen LogP contribution is 2.41. The summed E-state index contributed by atoms with van der Waals surface area (Å²) in [6.07, 6.45) is 0.712. The third-order valence-electron chi connectivity index (χ3n) is 6.08. The van der Waals surface area contributed by atoms with E-state index >= 15 is 0 Å². The summed E-state index contributed by atoms with van der Waals surface area (Å²) in [5.74, 6) is -0.433. The zero-order chi connectivity index (χ0) is 24.0. The number of ether oxygens (including phenoxy) is 2. The van der Waals surface area contributed by atoms with E-state index in [9.17, 15) is 14.7 Å². The normalized spacial score (nSPS) is 17.6. The van der Waals surface area contributed by atoms with Crippen LogP contribution in [0.5, 0.6) is 11.5 Å². The monoisotopic (exact) mass is 452 g/mol. The van der Waals surface area contributed by atoms with Gasteiger partial charge in [-0.3, -0.25) is 9.59 Å². The van der Waals surface area contributed by atoms with Gasteiger partial charge >= 0.3 is 0 Å². The summed E-state index contributed by atoms with van der Waals surface area (Å²) in [5, 5.41) is 11.1. The van der Waals surface area contributed by atoms with E-state index in [4.69, 9.17) is 9.47 Å². The first-order valence-electron chi connectivity index (χ1n) is 11.2. The second kappa shape index (κ2) is 11.0. The van der Waals surface area contributed by atoms with Crippen molar-refractivity contribution in [2.45, 2.75) is 26.3 Å². The zero-order valence-electron chi connectivity index (χ0n) is 19.7. The predicted octanol–water partition coefficient (Wildman–Crippen LogP) is 3.86. The van der Waals surface area contributed by atoms with Crippen molar-refractivity contribution in [1.29, 1.82) is 0 Å². The summed E-state index contributed by atoms with van der Waals surface area (Å²) in [6, 6.07) is 13.4. The number of methoxy groups -OCH3 is 2. The molecule has 0 bridgehead atoms. The SMILES string of the molecule is CCN(CC)CCCN1C(=O)C(=O)/C(=C(/O)c2ccccc2)C1c1ccc(OC)c(OC)c1. The quantitative estimate of drug-likeness (QED) is 0.335. The largest absolute Gasteiger partial charge is 0.507 e. The van der Waals surface area contributed by atoms with Crippen LogP contribution < -0.4 is 9.47 Å². The number of carbonyl (C=O) groups excluding carboxylic acids is 2. The Balaban J connectivity index is 2.07. The average Bonchev–Trinajstić information content (AvgIpc) is 3.11. The molecule has 0 aliphatic carbocycles. The molecule has 3 rings (SSSR count). The van der Waals surface area contributed by atoms with Crippen LogP contribution >= 0.6 is 0 Å². The topological polar surface area (TPSA) is 79.3 Å². The summed E-state index contributed by atoms with van der Waals surface area (Å²) in [4.78, 5) is 30.0. The van der Waals surface area contributed by atoms with E-state index in [1.807, 2.05) is 6.07 Å². The minimum Gasteiger partial charge on any atom is -0.507 e. The molecule has 2 aromatic carbocycles. The zero-order valence-corrected chi connectivity index (χ0v) is 19.7. The fourth-order valence-electron chi connectivity index (χ4n) is 4.24. The lowest BCUT2D eigenvalue weighted by molar-refractivity contribution is -0.140. The van der Waals surface area contributed by atoms with Crippen molar-refractivity contribution in [1.82, 2.24) is 9.80 Å². The third kappa shape index (κ3) is 5.03. The Morgan fingerprint density at radius 3 is 2.27 bits per heavy atom. The van der Waals surface area contributed by atoms with Crippen LogP contribution in [-0.4, -0.2) is 67.0 Å². The number of Topliss-reactive ketones (excluding diaryl/α,β-unsaturated/α-hetero) is 1. The van der Waals surface area contributed by atoms with Crippen molar-refractivity contribution in [3.8, 4) is 11.5 Å². The maximum Gasteiger partial charge on any atom is 0.295 e. The summed E-state index contributed by atoms with van der Waals surface area (Å²) in [5.41, 5.74) is 1.25. The first-order chi connectivity index (χ1) is 16.0. The van der Waals surface area contributed by atoms with E-state index in [1.165, 1.54) is 7.11 Å². The molecule has 1 fully saturated rings. The van der Waals surface area contributed by atoms with Crippen LogP contribution in [-0.2, 0) is 9.59 Å². The minimum absolute atomic E-state index is 0.0845. The Morgan fingerprint density at radius 1 is 1.00 bits per heavy atom. The van der Waals surface area contributed by atoms with Crippen molar-refractivity contribution in [2.24, 2.45) is 0 Å². The molecule has 7 heteroatoms. The summed E-state index contributed by atoms with van der Waals surface area (Å²) >= 11 is 0. The maximum absolute atomic E-state index is 13.1. The number of likely N-dealkylation sites (tertiary alicyclic amines) is 1. The smallest absolute Gasteiger partial charge is 0.295 e. The molecule has 0 radical (unpaired) electrons. The number of aliphatic hydroxyl groups is 1. The second-order valence-electron chi connectivity index (χ2n) is 7.85. The van der Waals surface area contributed by atoms with Crippen LogP contribution in [0.2, 0.25) is 0 Å². The summed E-state index contributed by atoms with van der Waals surface area (Å²) < 4.78 is 10.8. The molecule has 0 aromatic heterocycles. The van der Waals surface area contributed by atoms with Crippen molar-refractivity contribution in [2.75, 3.05) is 40.4 Å². The molecule has 1 atom stereocenters. The van der Waals surface area contributed by atoms with Gasteiger partial charge in [0.25, 0.3) is 11.7 Å². The predicted molar refractivity (Wildman–Crippen MR) is 127 cm³/mol. The lowest BCUT2D eigenvalue weighted by atomic mass is 9.95. The van der Waals surface area contributed by atoms with Gasteiger partial charge in [-0.15, -0.1) is 0 Å². The Labute approximate surface area is 195 Å². The standard InChI is InChI=1S/C26H32N2O5/c1-5-27(6-2)15-10-16-28-23(19-13-14-20(32-3)21(17-19)33-4)22(25(30)26(28)31)24(29)18-11-8-7-9-12-18/h7-9,11-14,17,23,29H,5-6,10,15-16H2,1-4H3/b24-22+. The molecule has 1 unspecified atom stereocenters. The molecule has 1 aliphatic heterocycles. The van der Waals surface area contributed by atoms with E-state index in [1.54, 1.807) is 54.5 Å². The van der Waals surface area contributed by atoms with Gasteiger partial charge in [0, 0.05) is 12.1 Å². The highest BCUT2D eigenvalue weighted by molar-refractivity contribution is 6.46. The summed E-state index contributed by atoms with van der Waals surface area (Å²) in [6.45, 7) is 7.24. The van der Waals surface area contributed by atoms with Crippen molar-refractivity contribution < 1.29 is 24.2 Å². The number of carbonyl (C=O) groups is 2. The number of nitrogens with zero attached hydrogens (tertiary/aromatic N) is 2. The van der Waals surface area contributed by atoms with Gasteiger partial charge in [-0.25, -0.2) is 0 Å². The lowest BCUT2D eigenvalue weighted by Gasteiger charge is -2.27. The summed E-state index contributed by atoms with van der Waals surface area (Å²) in [7, 11) is 3.08. The molecule has 1 amide bonds. The van der Waals surface area contributed by atoms with Gasteiger partial charge in [0.2, 0.25) is 0 Å². The van der Waals surface area contributed by atoms with Crippen LogP contribution in [0.4, 0.5) is 0 Å². The molecular formula is C26H32N2O5. The fourth-order valence-corrected chi connectivity index (χ4v) is 4.24. The van der Waals surface area contributed by atoms with E-state index < -0.39 is 17.7 Å². The molecule has 2 aromatic rings. The second-order valence-corrected chi connectivity index (χ2v) is 7.85. The van der Waals surface area contributed by atoms with Gasteiger partial charge in [0.1, 0.15) is 5.76 Å². The molecule has 0 spiro atoms. The van der Waals surface area contributed by atoms with Crippen LogP contribution in [0, 0.1) is 0 Å². The lowest BCUT2D eigenvalue weighted by Crippen LogP contribution is -2.33.